The van der Waals surface area contributed by atoms with E-state index in [1.165, 1.54) is 0 Å². The minimum atomic E-state index is -0.384. The van der Waals surface area contributed by atoms with Crippen molar-refractivity contribution < 1.29 is 9.53 Å². The fraction of sp³-hybridized carbons (Fsp3) is 0.158. The molecule has 0 aliphatic carbocycles. The van der Waals surface area contributed by atoms with E-state index in [2.05, 4.69) is 27.9 Å². The Morgan fingerprint density at radius 2 is 2.04 bits per heavy atom. The third-order valence-electron chi connectivity index (χ3n) is 3.23. The fourth-order valence-corrected chi connectivity index (χ4v) is 2.76. The zero-order valence-electron chi connectivity index (χ0n) is 13.3. The summed E-state index contributed by atoms with van der Waals surface area (Å²) in [6.45, 7) is 2.91. The Labute approximate surface area is 155 Å². The van der Waals surface area contributed by atoms with Gasteiger partial charge in [-0.05, 0) is 58.9 Å². The predicted molar refractivity (Wildman–Crippen MR) is 102 cm³/mol. The lowest BCUT2D eigenvalue weighted by molar-refractivity contribution is -0.117. The van der Waals surface area contributed by atoms with Crippen molar-refractivity contribution in [3.8, 4) is 11.8 Å². The average molecular weight is 432 g/mol. The molecule has 0 saturated carbocycles. The average Bonchev–Trinajstić information content (AvgIpc) is 2.61. The van der Waals surface area contributed by atoms with E-state index in [9.17, 15) is 10.1 Å². The van der Waals surface area contributed by atoms with Crippen molar-refractivity contribution in [3.63, 3.8) is 0 Å². The van der Waals surface area contributed by atoms with Gasteiger partial charge in [0, 0.05) is 6.54 Å². The molecule has 2 aromatic rings. The summed E-state index contributed by atoms with van der Waals surface area (Å²) < 4.78 is 6.42. The van der Waals surface area contributed by atoms with Crippen LogP contribution in [0.25, 0.3) is 6.08 Å². The first-order valence-corrected chi connectivity index (χ1v) is 8.58. The number of ether oxygens (including phenoxy) is 1. The number of halogens is 1. The highest BCUT2D eigenvalue weighted by molar-refractivity contribution is 14.1. The molecule has 0 atom stereocenters. The molecule has 0 bridgehead atoms. The van der Waals surface area contributed by atoms with E-state index < -0.39 is 0 Å². The fourth-order valence-electron chi connectivity index (χ4n) is 2.07. The summed E-state index contributed by atoms with van der Waals surface area (Å²) in [5, 5.41) is 12.0. The minimum absolute atomic E-state index is 0.0749. The highest BCUT2D eigenvalue weighted by Gasteiger charge is 2.09. The Kier molecular flexibility index (Phi) is 6.82. The summed E-state index contributed by atoms with van der Waals surface area (Å²) in [4.78, 5) is 12.2. The zero-order valence-corrected chi connectivity index (χ0v) is 15.4. The molecular weight excluding hydrogens is 415 g/mol. The van der Waals surface area contributed by atoms with Crippen molar-refractivity contribution in [3.05, 3.63) is 68.8 Å². The van der Waals surface area contributed by atoms with E-state index in [0.29, 0.717) is 13.2 Å². The SMILES string of the molecule is CCOc1ccc(/C=C(/C#N)C(=O)NCc2ccccc2)cc1I. The van der Waals surface area contributed by atoms with Crippen molar-refractivity contribution >= 4 is 34.6 Å². The molecule has 1 amide bonds. The van der Waals surface area contributed by atoms with Crippen LogP contribution in [-0.2, 0) is 11.3 Å². The molecule has 4 nitrogen and oxygen atoms in total. The minimum Gasteiger partial charge on any atom is -0.493 e. The molecule has 0 radical (unpaired) electrons. The maximum atomic E-state index is 12.2. The Hall–Kier alpha value is -2.33. The summed E-state index contributed by atoms with van der Waals surface area (Å²) in [5.74, 6) is 0.410. The molecule has 122 valence electrons. The zero-order chi connectivity index (χ0) is 17.4. The largest absolute Gasteiger partial charge is 0.493 e. The molecular formula is C19H17IN2O2. The molecule has 0 spiro atoms. The number of rotatable bonds is 6. The highest BCUT2D eigenvalue weighted by Crippen LogP contribution is 2.23. The number of carbonyl (C=O) groups is 1. The lowest BCUT2D eigenvalue weighted by Gasteiger charge is -2.07. The predicted octanol–water partition coefficient (Wildman–Crippen LogP) is 3.91. The van der Waals surface area contributed by atoms with Crippen LogP contribution >= 0.6 is 22.6 Å². The number of hydrogen-bond acceptors (Lipinski definition) is 3. The van der Waals surface area contributed by atoms with Gasteiger partial charge in [-0.25, -0.2) is 0 Å². The van der Waals surface area contributed by atoms with Crippen LogP contribution in [-0.4, -0.2) is 12.5 Å². The molecule has 0 heterocycles. The molecule has 2 aromatic carbocycles. The molecule has 0 fully saturated rings. The van der Waals surface area contributed by atoms with Crippen LogP contribution in [0.1, 0.15) is 18.1 Å². The number of benzene rings is 2. The molecule has 0 aliphatic heterocycles. The monoisotopic (exact) mass is 432 g/mol. The van der Waals surface area contributed by atoms with Crippen molar-refractivity contribution in [2.24, 2.45) is 0 Å². The maximum absolute atomic E-state index is 12.2. The number of nitrogens with zero attached hydrogens (tertiary/aromatic N) is 1. The molecule has 2 rings (SSSR count). The number of hydrogen-bond donors (Lipinski definition) is 1. The third-order valence-corrected chi connectivity index (χ3v) is 4.07. The van der Waals surface area contributed by atoms with Gasteiger partial charge in [-0.2, -0.15) is 5.26 Å². The van der Waals surface area contributed by atoms with Crippen LogP contribution in [0.2, 0.25) is 0 Å². The first-order chi connectivity index (χ1) is 11.6. The van der Waals surface area contributed by atoms with E-state index >= 15 is 0 Å². The smallest absolute Gasteiger partial charge is 0.262 e. The van der Waals surface area contributed by atoms with E-state index in [1.807, 2.05) is 61.5 Å². The van der Waals surface area contributed by atoms with Crippen LogP contribution < -0.4 is 10.1 Å². The lowest BCUT2D eigenvalue weighted by Crippen LogP contribution is -2.23. The van der Waals surface area contributed by atoms with Gasteiger partial charge in [-0.15, -0.1) is 0 Å². The number of carbonyl (C=O) groups excluding carboxylic acids is 1. The topological polar surface area (TPSA) is 62.1 Å². The van der Waals surface area contributed by atoms with E-state index in [1.54, 1.807) is 6.08 Å². The van der Waals surface area contributed by atoms with E-state index in [0.717, 1.165) is 20.4 Å². The van der Waals surface area contributed by atoms with Gasteiger partial charge in [0.1, 0.15) is 17.4 Å². The molecule has 5 heteroatoms. The first-order valence-electron chi connectivity index (χ1n) is 7.50. The van der Waals surface area contributed by atoms with Gasteiger partial charge in [0.25, 0.3) is 5.91 Å². The Bertz CT molecular complexity index is 780. The molecule has 0 aliphatic rings. The number of nitriles is 1. The summed E-state index contributed by atoms with van der Waals surface area (Å²) in [6.07, 6.45) is 1.58. The van der Waals surface area contributed by atoms with Crippen LogP contribution in [0.3, 0.4) is 0 Å². The summed E-state index contributed by atoms with van der Waals surface area (Å²) >= 11 is 2.17. The molecule has 0 saturated heterocycles. The second kappa shape index (κ2) is 9.08. The molecule has 1 N–H and O–H groups in total. The van der Waals surface area contributed by atoms with Crippen molar-refractivity contribution in [1.82, 2.24) is 5.32 Å². The molecule has 24 heavy (non-hydrogen) atoms. The second-order valence-corrected chi connectivity index (χ2v) is 6.12. The molecule has 0 unspecified atom stereocenters. The van der Waals surface area contributed by atoms with Gasteiger partial charge in [0.15, 0.2) is 0 Å². The van der Waals surface area contributed by atoms with Crippen LogP contribution in [0, 0.1) is 14.9 Å². The third kappa shape index (κ3) is 5.10. The quantitative estimate of drug-likeness (QED) is 0.428. The van der Waals surface area contributed by atoms with Crippen molar-refractivity contribution in [1.29, 1.82) is 5.26 Å². The highest BCUT2D eigenvalue weighted by atomic mass is 127. The van der Waals surface area contributed by atoms with Gasteiger partial charge < -0.3 is 10.1 Å². The molecule has 0 aromatic heterocycles. The normalized spacial score (nSPS) is 10.8. The summed E-state index contributed by atoms with van der Waals surface area (Å²) in [6, 6.07) is 17.1. The second-order valence-electron chi connectivity index (χ2n) is 4.96. The van der Waals surface area contributed by atoms with E-state index in [-0.39, 0.29) is 11.5 Å². The van der Waals surface area contributed by atoms with Crippen LogP contribution in [0.4, 0.5) is 0 Å². The number of nitrogens with one attached hydrogen (secondary N) is 1. The van der Waals surface area contributed by atoms with Gasteiger partial charge in [0.05, 0.1) is 10.2 Å². The first kappa shape index (κ1) is 18.0. The van der Waals surface area contributed by atoms with Gasteiger partial charge in [0.2, 0.25) is 0 Å². The Morgan fingerprint density at radius 3 is 2.67 bits per heavy atom. The maximum Gasteiger partial charge on any atom is 0.262 e. The standard InChI is InChI=1S/C19H17IN2O2/c1-2-24-18-9-8-15(11-17(18)20)10-16(12-21)19(23)22-13-14-6-4-3-5-7-14/h3-11H,2,13H2,1H3,(H,22,23)/b16-10-. The summed E-state index contributed by atoms with van der Waals surface area (Å²) in [5.41, 5.74) is 1.85. The van der Waals surface area contributed by atoms with Crippen LogP contribution in [0.15, 0.2) is 54.1 Å². The van der Waals surface area contributed by atoms with E-state index in [4.69, 9.17) is 4.74 Å². The number of amides is 1. The Morgan fingerprint density at radius 1 is 1.29 bits per heavy atom. The van der Waals surface area contributed by atoms with Crippen molar-refractivity contribution in [2.45, 2.75) is 13.5 Å². The van der Waals surface area contributed by atoms with Crippen LogP contribution in [0.5, 0.6) is 5.75 Å². The van der Waals surface area contributed by atoms with Gasteiger partial charge in [-0.3, -0.25) is 4.79 Å². The van der Waals surface area contributed by atoms with Gasteiger partial charge >= 0.3 is 0 Å². The van der Waals surface area contributed by atoms with Gasteiger partial charge in [-0.1, -0.05) is 36.4 Å². The summed E-state index contributed by atoms with van der Waals surface area (Å²) in [7, 11) is 0. The Balaban J connectivity index is 2.09. The van der Waals surface area contributed by atoms with Crippen molar-refractivity contribution in [2.75, 3.05) is 6.61 Å². The lowest BCUT2D eigenvalue weighted by atomic mass is 10.1.